The van der Waals surface area contributed by atoms with Crippen LogP contribution in [-0.2, 0) is 6.42 Å². The van der Waals surface area contributed by atoms with Crippen LogP contribution in [0.15, 0.2) is 34.5 Å². The average Bonchev–Trinajstić information content (AvgIpc) is 2.94. The summed E-state index contributed by atoms with van der Waals surface area (Å²) in [5, 5.41) is 0. The first-order valence-corrected chi connectivity index (χ1v) is 7.82. The van der Waals surface area contributed by atoms with Gasteiger partial charge in [-0.1, -0.05) is 13.8 Å². The van der Waals surface area contributed by atoms with Gasteiger partial charge in [0.1, 0.15) is 5.69 Å². The Morgan fingerprint density at radius 1 is 1.37 bits per heavy atom. The summed E-state index contributed by atoms with van der Waals surface area (Å²) in [5.74, 6) is 0.593. The second-order valence-electron chi connectivity index (χ2n) is 4.91. The van der Waals surface area contributed by atoms with E-state index in [1.54, 1.807) is 11.3 Å². The smallest absolute Gasteiger partial charge is 0.156 e. The predicted molar refractivity (Wildman–Crippen MR) is 82.5 cm³/mol. The Morgan fingerprint density at radius 3 is 2.89 bits per heavy atom. The molecular formula is C14H14BrN3S. The van der Waals surface area contributed by atoms with E-state index in [2.05, 4.69) is 51.3 Å². The fourth-order valence-corrected chi connectivity index (χ4v) is 3.58. The number of halogens is 1. The minimum absolute atomic E-state index is 0.593. The molecule has 3 aromatic heterocycles. The molecule has 0 aromatic carbocycles. The Morgan fingerprint density at radius 2 is 2.21 bits per heavy atom. The molecule has 0 saturated carbocycles. The van der Waals surface area contributed by atoms with Gasteiger partial charge in [0, 0.05) is 12.4 Å². The van der Waals surface area contributed by atoms with E-state index < -0.39 is 0 Å². The molecule has 3 heterocycles. The third kappa shape index (κ3) is 2.44. The van der Waals surface area contributed by atoms with Crippen LogP contribution in [0.2, 0.25) is 0 Å². The first kappa shape index (κ1) is 12.8. The van der Waals surface area contributed by atoms with Crippen molar-refractivity contribution < 1.29 is 0 Å². The number of rotatable bonds is 3. The number of fused-ring (bicyclic) bond motifs is 1. The number of nitrogens with zero attached hydrogens (tertiary/aromatic N) is 3. The highest BCUT2D eigenvalue weighted by atomic mass is 79.9. The van der Waals surface area contributed by atoms with Crippen molar-refractivity contribution in [3.05, 3.63) is 40.2 Å². The molecule has 0 saturated heterocycles. The first-order chi connectivity index (χ1) is 9.15. The zero-order chi connectivity index (χ0) is 13.4. The van der Waals surface area contributed by atoms with Gasteiger partial charge in [-0.3, -0.25) is 4.98 Å². The van der Waals surface area contributed by atoms with Crippen LogP contribution in [-0.4, -0.2) is 14.4 Å². The van der Waals surface area contributed by atoms with Gasteiger partial charge in [-0.15, -0.1) is 11.3 Å². The summed E-state index contributed by atoms with van der Waals surface area (Å²) in [7, 11) is 0. The Labute approximate surface area is 124 Å². The van der Waals surface area contributed by atoms with Crippen LogP contribution in [0.5, 0.6) is 0 Å². The molecule has 0 bridgehead atoms. The largest absolute Gasteiger partial charge is 0.301 e. The van der Waals surface area contributed by atoms with Crippen molar-refractivity contribution in [2.45, 2.75) is 20.3 Å². The van der Waals surface area contributed by atoms with Crippen LogP contribution in [0, 0.1) is 5.92 Å². The molecule has 0 radical (unpaired) electrons. The number of hydrogen-bond donors (Lipinski definition) is 0. The molecule has 98 valence electrons. The van der Waals surface area contributed by atoms with Crippen LogP contribution in [0.1, 0.15) is 19.5 Å². The summed E-state index contributed by atoms with van der Waals surface area (Å²) in [6.07, 6.45) is 6.63. The summed E-state index contributed by atoms with van der Waals surface area (Å²) in [5.41, 5.74) is 3.26. The molecule has 0 fully saturated rings. The van der Waals surface area contributed by atoms with E-state index in [0.29, 0.717) is 5.92 Å². The van der Waals surface area contributed by atoms with Crippen molar-refractivity contribution in [2.75, 3.05) is 0 Å². The maximum Gasteiger partial charge on any atom is 0.156 e. The van der Waals surface area contributed by atoms with E-state index in [4.69, 9.17) is 4.98 Å². The number of imidazole rings is 1. The van der Waals surface area contributed by atoms with Gasteiger partial charge in [-0.05, 0) is 40.4 Å². The van der Waals surface area contributed by atoms with Crippen LogP contribution >= 0.6 is 27.3 Å². The summed E-state index contributed by atoms with van der Waals surface area (Å²) in [4.78, 5) is 10.1. The van der Waals surface area contributed by atoms with Gasteiger partial charge in [0.15, 0.2) is 5.65 Å². The lowest BCUT2D eigenvalue weighted by Crippen LogP contribution is -2.00. The molecule has 0 spiro atoms. The van der Waals surface area contributed by atoms with Crippen molar-refractivity contribution in [1.29, 1.82) is 0 Å². The highest BCUT2D eigenvalue weighted by Crippen LogP contribution is 2.34. The maximum atomic E-state index is 4.74. The zero-order valence-electron chi connectivity index (χ0n) is 10.8. The van der Waals surface area contributed by atoms with E-state index in [1.807, 2.05) is 18.6 Å². The van der Waals surface area contributed by atoms with Crippen molar-refractivity contribution in [3.63, 3.8) is 0 Å². The van der Waals surface area contributed by atoms with Gasteiger partial charge in [0.2, 0.25) is 0 Å². The molecule has 0 aliphatic heterocycles. The molecule has 5 heteroatoms. The molecule has 3 aromatic rings. The quantitative estimate of drug-likeness (QED) is 0.709. The summed E-state index contributed by atoms with van der Waals surface area (Å²) < 4.78 is 3.28. The van der Waals surface area contributed by atoms with Gasteiger partial charge in [-0.25, -0.2) is 4.98 Å². The molecule has 0 atom stereocenters. The highest BCUT2D eigenvalue weighted by molar-refractivity contribution is 9.11. The number of aromatic nitrogens is 3. The summed E-state index contributed by atoms with van der Waals surface area (Å²) in [6, 6.07) is 4.19. The normalized spacial score (nSPS) is 11.6. The second kappa shape index (κ2) is 5.06. The van der Waals surface area contributed by atoms with E-state index >= 15 is 0 Å². The minimum Gasteiger partial charge on any atom is -0.301 e. The zero-order valence-corrected chi connectivity index (χ0v) is 13.2. The van der Waals surface area contributed by atoms with E-state index in [1.165, 1.54) is 10.6 Å². The molecule has 0 N–H and O–H groups in total. The lowest BCUT2D eigenvalue weighted by molar-refractivity contribution is 0.633. The first-order valence-electron chi connectivity index (χ1n) is 6.22. The number of hydrogen-bond acceptors (Lipinski definition) is 3. The van der Waals surface area contributed by atoms with Gasteiger partial charge >= 0.3 is 0 Å². The summed E-state index contributed by atoms with van der Waals surface area (Å²) >= 11 is 5.24. The van der Waals surface area contributed by atoms with E-state index in [0.717, 1.165) is 21.5 Å². The van der Waals surface area contributed by atoms with E-state index in [9.17, 15) is 0 Å². The summed E-state index contributed by atoms with van der Waals surface area (Å²) in [6.45, 7) is 4.46. The lowest BCUT2D eigenvalue weighted by atomic mass is 10.1. The van der Waals surface area contributed by atoms with Crippen molar-refractivity contribution in [1.82, 2.24) is 14.4 Å². The molecule has 0 amide bonds. The molecule has 3 rings (SSSR count). The van der Waals surface area contributed by atoms with Gasteiger partial charge in [0.25, 0.3) is 0 Å². The number of thiophene rings is 1. The second-order valence-corrected chi connectivity index (χ2v) is 7.38. The van der Waals surface area contributed by atoms with Crippen LogP contribution in [0.4, 0.5) is 0 Å². The van der Waals surface area contributed by atoms with Gasteiger partial charge in [-0.2, -0.15) is 0 Å². The van der Waals surface area contributed by atoms with E-state index in [-0.39, 0.29) is 0 Å². The Kier molecular flexibility index (Phi) is 3.41. The highest BCUT2D eigenvalue weighted by Gasteiger charge is 2.16. The topological polar surface area (TPSA) is 30.2 Å². The van der Waals surface area contributed by atoms with Crippen molar-refractivity contribution in [2.24, 2.45) is 5.92 Å². The fraction of sp³-hybridized carbons (Fsp3) is 0.286. The molecular weight excluding hydrogens is 322 g/mol. The standard InChI is InChI=1S/C14H14BrN3S/c1-9(2)7-10-14(11-3-4-12(15)19-11)17-13-8-16-5-6-18(10)13/h3-6,8-9H,7H2,1-2H3. The van der Waals surface area contributed by atoms with Crippen LogP contribution < -0.4 is 0 Å². The Balaban J connectivity index is 2.22. The SMILES string of the molecule is CC(C)Cc1c(-c2ccc(Br)s2)nc2cnccn12. The molecule has 0 aliphatic rings. The van der Waals surface area contributed by atoms with Crippen molar-refractivity contribution >= 4 is 32.9 Å². The molecule has 0 unspecified atom stereocenters. The third-order valence-corrected chi connectivity index (χ3v) is 4.57. The van der Waals surface area contributed by atoms with Gasteiger partial charge < -0.3 is 4.40 Å². The molecule has 0 aliphatic carbocycles. The fourth-order valence-electron chi connectivity index (χ4n) is 2.18. The molecule has 3 nitrogen and oxygen atoms in total. The van der Waals surface area contributed by atoms with Gasteiger partial charge in [0.05, 0.1) is 20.6 Å². The van der Waals surface area contributed by atoms with Crippen LogP contribution in [0.3, 0.4) is 0 Å². The predicted octanol–water partition coefficient (Wildman–Crippen LogP) is 4.42. The Bertz CT molecular complexity index is 714. The minimum atomic E-state index is 0.593. The maximum absolute atomic E-state index is 4.74. The van der Waals surface area contributed by atoms with Crippen molar-refractivity contribution in [3.8, 4) is 10.6 Å². The lowest BCUT2D eigenvalue weighted by Gasteiger charge is -2.06. The molecule has 19 heavy (non-hydrogen) atoms. The average molecular weight is 336 g/mol. The monoisotopic (exact) mass is 335 g/mol. The Hall–Kier alpha value is -1.20. The third-order valence-electron chi connectivity index (χ3n) is 2.94. The van der Waals surface area contributed by atoms with Crippen LogP contribution in [0.25, 0.3) is 16.2 Å².